The summed E-state index contributed by atoms with van der Waals surface area (Å²) in [5.41, 5.74) is 1.76. The predicted octanol–water partition coefficient (Wildman–Crippen LogP) is 2.90. The quantitative estimate of drug-likeness (QED) is 0.675. The second-order valence-corrected chi connectivity index (χ2v) is 6.18. The summed E-state index contributed by atoms with van der Waals surface area (Å²) in [5.74, 6) is -2.39. The highest BCUT2D eigenvalue weighted by molar-refractivity contribution is 6.00. The number of ketones is 1. The minimum Gasteiger partial charge on any atom is -0.478 e. The van der Waals surface area contributed by atoms with Crippen LogP contribution in [0.2, 0.25) is 0 Å². The summed E-state index contributed by atoms with van der Waals surface area (Å²) < 4.78 is 0. The SMILES string of the molecule is C=C(C(=O)O)[C@@H]1CC/C(C)=C/C(=O)/C=C(/C)[C@@H](O)C1.C=C(C)C(=O)O. The molecule has 0 radical (unpaired) electrons. The third-order valence-electron chi connectivity index (χ3n) is 3.81. The number of hydrogen-bond acceptors (Lipinski definition) is 4. The van der Waals surface area contributed by atoms with Crippen molar-refractivity contribution in [2.24, 2.45) is 5.92 Å². The molecule has 0 saturated heterocycles. The van der Waals surface area contributed by atoms with E-state index in [4.69, 9.17) is 10.2 Å². The van der Waals surface area contributed by atoms with Gasteiger partial charge < -0.3 is 15.3 Å². The van der Waals surface area contributed by atoms with Crippen LogP contribution in [0.1, 0.15) is 40.0 Å². The third kappa shape index (κ3) is 8.81. The van der Waals surface area contributed by atoms with Gasteiger partial charge in [-0.1, -0.05) is 18.7 Å². The second kappa shape index (κ2) is 10.4. The van der Waals surface area contributed by atoms with Gasteiger partial charge in [0, 0.05) is 11.1 Å². The Balaban J connectivity index is 0.000000823. The molecule has 6 heteroatoms. The molecule has 1 aliphatic rings. The van der Waals surface area contributed by atoms with E-state index in [0.29, 0.717) is 18.4 Å². The van der Waals surface area contributed by atoms with Crippen LogP contribution in [-0.4, -0.2) is 39.1 Å². The maximum Gasteiger partial charge on any atom is 0.331 e. The van der Waals surface area contributed by atoms with Crippen molar-refractivity contribution in [1.82, 2.24) is 0 Å². The number of aliphatic hydroxyl groups excluding tert-OH is 1. The van der Waals surface area contributed by atoms with Crippen molar-refractivity contribution in [3.05, 3.63) is 47.6 Å². The lowest BCUT2D eigenvalue weighted by Crippen LogP contribution is -2.21. The number of carboxylic acid groups (broad SMARTS) is 2. The first-order chi connectivity index (χ1) is 11.5. The van der Waals surface area contributed by atoms with E-state index in [1.807, 2.05) is 6.92 Å². The van der Waals surface area contributed by atoms with E-state index in [1.54, 1.807) is 6.92 Å². The lowest BCUT2D eigenvalue weighted by Gasteiger charge is -2.22. The highest BCUT2D eigenvalue weighted by Crippen LogP contribution is 2.27. The number of rotatable bonds is 3. The molecule has 3 N–H and O–H groups in total. The van der Waals surface area contributed by atoms with Crippen molar-refractivity contribution in [2.45, 2.75) is 46.1 Å². The molecule has 0 unspecified atom stereocenters. The van der Waals surface area contributed by atoms with Gasteiger partial charge in [0.05, 0.1) is 6.10 Å². The topological polar surface area (TPSA) is 112 Å². The Labute approximate surface area is 147 Å². The number of aliphatic hydroxyl groups is 1. The fourth-order valence-corrected chi connectivity index (χ4v) is 2.14. The standard InChI is InChI=1S/C15H20O4.C4H6O2/c1-9-4-5-12(11(3)15(18)19)8-14(17)10(2)7-13(16)6-9;1-3(2)4(5)6/h6-7,12,14,17H,3-5,8H2,1-2H3,(H,18,19);1H2,2H3,(H,5,6)/b9-6+,10-7-;/t12-,14+;/m1./s1. The molecule has 1 rings (SSSR count). The molecular formula is C19H26O6. The highest BCUT2D eigenvalue weighted by Gasteiger charge is 2.23. The van der Waals surface area contributed by atoms with Crippen molar-refractivity contribution in [2.75, 3.05) is 0 Å². The smallest absolute Gasteiger partial charge is 0.331 e. The van der Waals surface area contributed by atoms with Crippen LogP contribution in [0.4, 0.5) is 0 Å². The molecule has 0 spiro atoms. The molecule has 138 valence electrons. The summed E-state index contributed by atoms with van der Waals surface area (Å²) in [6.07, 6.45) is 3.61. The van der Waals surface area contributed by atoms with Gasteiger partial charge in [-0.25, -0.2) is 9.59 Å². The van der Waals surface area contributed by atoms with E-state index in [1.165, 1.54) is 19.1 Å². The Morgan fingerprint density at radius 2 is 1.64 bits per heavy atom. The summed E-state index contributed by atoms with van der Waals surface area (Å²) >= 11 is 0. The Kier molecular flexibility index (Phi) is 9.38. The molecule has 0 bridgehead atoms. The highest BCUT2D eigenvalue weighted by atomic mass is 16.4. The number of hydrogen-bond donors (Lipinski definition) is 3. The van der Waals surface area contributed by atoms with Crippen LogP contribution in [0.15, 0.2) is 47.6 Å². The molecular weight excluding hydrogens is 324 g/mol. The van der Waals surface area contributed by atoms with Crippen LogP contribution in [-0.2, 0) is 14.4 Å². The van der Waals surface area contributed by atoms with Crippen LogP contribution in [0.25, 0.3) is 0 Å². The number of carbonyl (C=O) groups excluding carboxylic acids is 1. The summed E-state index contributed by atoms with van der Waals surface area (Å²) in [6, 6.07) is 0. The Bertz CT molecular complexity index is 612. The Morgan fingerprint density at radius 3 is 2.08 bits per heavy atom. The van der Waals surface area contributed by atoms with Crippen LogP contribution in [0.3, 0.4) is 0 Å². The van der Waals surface area contributed by atoms with E-state index in [2.05, 4.69) is 13.2 Å². The van der Waals surface area contributed by atoms with Crippen LogP contribution >= 0.6 is 0 Å². The maximum atomic E-state index is 11.6. The molecule has 0 aromatic heterocycles. The molecule has 0 fully saturated rings. The zero-order valence-corrected chi connectivity index (χ0v) is 14.9. The fourth-order valence-electron chi connectivity index (χ4n) is 2.14. The van der Waals surface area contributed by atoms with Gasteiger partial charge in [0.2, 0.25) is 0 Å². The van der Waals surface area contributed by atoms with E-state index < -0.39 is 18.0 Å². The molecule has 6 nitrogen and oxygen atoms in total. The molecule has 0 aromatic carbocycles. The first kappa shape index (κ1) is 22.5. The number of aliphatic carboxylic acids is 2. The van der Waals surface area contributed by atoms with Gasteiger partial charge in [-0.05, 0) is 63.7 Å². The zero-order chi connectivity index (χ0) is 19.7. The molecule has 0 saturated carbocycles. The number of carbonyl (C=O) groups is 3. The zero-order valence-electron chi connectivity index (χ0n) is 14.9. The first-order valence-electron chi connectivity index (χ1n) is 7.84. The monoisotopic (exact) mass is 350 g/mol. The third-order valence-corrected chi connectivity index (χ3v) is 3.81. The molecule has 0 amide bonds. The molecule has 2 atom stereocenters. The second-order valence-electron chi connectivity index (χ2n) is 6.18. The van der Waals surface area contributed by atoms with E-state index in [-0.39, 0.29) is 29.3 Å². The van der Waals surface area contributed by atoms with Gasteiger partial charge in [0.1, 0.15) is 0 Å². The average Bonchev–Trinajstić information content (AvgIpc) is 2.49. The van der Waals surface area contributed by atoms with E-state index >= 15 is 0 Å². The molecule has 0 aromatic rings. The molecule has 1 aliphatic carbocycles. The summed E-state index contributed by atoms with van der Waals surface area (Å²) in [5, 5.41) is 26.9. The average molecular weight is 350 g/mol. The van der Waals surface area contributed by atoms with Gasteiger partial charge in [0.25, 0.3) is 0 Å². The Hall–Kier alpha value is -2.47. The molecule has 0 heterocycles. The largest absolute Gasteiger partial charge is 0.478 e. The van der Waals surface area contributed by atoms with Crippen molar-refractivity contribution in [3.63, 3.8) is 0 Å². The van der Waals surface area contributed by atoms with Crippen LogP contribution in [0.5, 0.6) is 0 Å². The minimum atomic E-state index is -1.03. The summed E-state index contributed by atoms with van der Waals surface area (Å²) in [4.78, 5) is 32.2. The molecule has 0 aliphatic heterocycles. The van der Waals surface area contributed by atoms with Gasteiger partial charge in [-0.15, -0.1) is 0 Å². The van der Waals surface area contributed by atoms with Gasteiger partial charge >= 0.3 is 11.9 Å². The van der Waals surface area contributed by atoms with Gasteiger partial charge in [-0.2, -0.15) is 0 Å². The predicted molar refractivity (Wildman–Crippen MR) is 95.1 cm³/mol. The first-order valence-corrected chi connectivity index (χ1v) is 7.84. The maximum absolute atomic E-state index is 11.6. The summed E-state index contributed by atoms with van der Waals surface area (Å²) in [6.45, 7) is 11.7. The normalized spacial score (nSPS) is 25.2. The van der Waals surface area contributed by atoms with Crippen molar-refractivity contribution >= 4 is 17.7 Å². The number of carboxylic acids is 2. The van der Waals surface area contributed by atoms with Crippen molar-refractivity contribution in [1.29, 1.82) is 0 Å². The Morgan fingerprint density at radius 1 is 1.12 bits per heavy atom. The summed E-state index contributed by atoms with van der Waals surface area (Å²) in [7, 11) is 0. The van der Waals surface area contributed by atoms with E-state index in [0.717, 1.165) is 5.57 Å². The van der Waals surface area contributed by atoms with Crippen molar-refractivity contribution in [3.8, 4) is 0 Å². The molecule has 25 heavy (non-hydrogen) atoms. The lowest BCUT2D eigenvalue weighted by molar-refractivity contribution is -0.134. The van der Waals surface area contributed by atoms with Gasteiger partial charge in [-0.3, -0.25) is 4.79 Å². The lowest BCUT2D eigenvalue weighted by atomic mass is 9.85. The fraction of sp³-hybridized carbons (Fsp3) is 0.421. The van der Waals surface area contributed by atoms with Crippen LogP contribution < -0.4 is 0 Å². The van der Waals surface area contributed by atoms with Gasteiger partial charge in [0.15, 0.2) is 5.78 Å². The van der Waals surface area contributed by atoms with Crippen LogP contribution in [0, 0.1) is 5.92 Å². The van der Waals surface area contributed by atoms with Crippen molar-refractivity contribution < 1.29 is 29.7 Å². The van der Waals surface area contributed by atoms with E-state index in [9.17, 15) is 19.5 Å². The minimum absolute atomic E-state index is 0.117. The number of allylic oxidation sites excluding steroid dienone is 3.